The van der Waals surface area contributed by atoms with Gasteiger partial charge in [-0.1, -0.05) is 36.4 Å². The zero-order chi connectivity index (χ0) is 15.1. The molecule has 0 saturated heterocycles. The first-order valence-electron chi connectivity index (χ1n) is 8.36. The summed E-state index contributed by atoms with van der Waals surface area (Å²) in [6, 6.07) is 18.1. The molecule has 2 aliphatic rings. The van der Waals surface area contributed by atoms with Crippen molar-refractivity contribution in [2.45, 2.75) is 24.7 Å². The van der Waals surface area contributed by atoms with Crippen LogP contribution in [0.25, 0.3) is 0 Å². The van der Waals surface area contributed by atoms with E-state index in [2.05, 4.69) is 72.4 Å². The Balaban J connectivity index is 1.74. The van der Waals surface area contributed by atoms with E-state index in [1.54, 1.807) is 11.1 Å². The van der Waals surface area contributed by atoms with Gasteiger partial charge in [-0.05, 0) is 68.6 Å². The predicted octanol–water partition coefficient (Wildman–Crippen LogP) is 4.36. The first kappa shape index (κ1) is 13.8. The van der Waals surface area contributed by atoms with Crippen molar-refractivity contribution in [2.24, 2.45) is 0 Å². The van der Waals surface area contributed by atoms with E-state index in [-0.39, 0.29) is 0 Å². The van der Waals surface area contributed by atoms with Gasteiger partial charge in [0.2, 0.25) is 0 Å². The van der Waals surface area contributed by atoms with Gasteiger partial charge >= 0.3 is 0 Å². The highest BCUT2D eigenvalue weighted by atomic mass is 15.2. The van der Waals surface area contributed by atoms with Gasteiger partial charge in [-0.2, -0.15) is 0 Å². The summed E-state index contributed by atoms with van der Waals surface area (Å²) < 4.78 is 0. The van der Waals surface area contributed by atoms with Crippen molar-refractivity contribution < 1.29 is 0 Å². The van der Waals surface area contributed by atoms with Crippen LogP contribution in [0.3, 0.4) is 0 Å². The fourth-order valence-electron chi connectivity index (χ4n) is 3.89. The largest absolute Gasteiger partial charge is 0.341 e. The zero-order valence-corrected chi connectivity index (χ0v) is 13.5. The molecule has 2 heteroatoms. The van der Waals surface area contributed by atoms with Gasteiger partial charge in [-0.3, -0.25) is 0 Å². The van der Waals surface area contributed by atoms with E-state index in [0.29, 0.717) is 0 Å². The molecule has 0 amide bonds. The molecule has 2 aromatic carbocycles. The van der Waals surface area contributed by atoms with Crippen molar-refractivity contribution in [3.63, 3.8) is 0 Å². The van der Waals surface area contributed by atoms with E-state index in [4.69, 9.17) is 0 Å². The second-order valence-electron chi connectivity index (χ2n) is 6.87. The summed E-state index contributed by atoms with van der Waals surface area (Å²) in [7, 11) is 4.30. The lowest BCUT2D eigenvalue weighted by atomic mass is 10.0. The summed E-state index contributed by atoms with van der Waals surface area (Å²) in [5.41, 5.74) is 5.96. The van der Waals surface area contributed by atoms with Crippen LogP contribution in [0.1, 0.15) is 35.8 Å². The third-order valence-electron chi connectivity index (χ3n) is 5.03. The minimum Gasteiger partial charge on any atom is -0.341 e. The average molecular weight is 292 g/mol. The molecule has 0 radical (unpaired) electrons. The van der Waals surface area contributed by atoms with Gasteiger partial charge in [0.1, 0.15) is 0 Å². The van der Waals surface area contributed by atoms with E-state index in [0.717, 1.165) is 24.9 Å². The van der Waals surface area contributed by atoms with Crippen LogP contribution in [-0.2, 0) is 0 Å². The third kappa shape index (κ3) is 2.32. The Bertz CT molecular complexity index is 625. The molecule has 1 heterocycles. The quantitative estimate of drug-likeness (QED) is 0.826. The Kier molecular flexibility index (Phi) is 3.42. The lowest BCUT2D eigenvalue weighted by Crippen LogP contribution is -2.24. The van der Waals surface area contributed by atoms with Crippen LogP contribution < -0.4 is 4.90 Å². The molecule has 1 aliphatic heterocycles. The lowest BCUT2D eigenvalue weighted by Gasteiger charge is -2.28. The highest BCUT2D eigenvalue weighted by Gasteiger charge is 2.44. The normalized spacial score (nSPS) is 21.9. The van der Waals surface area contributed by atoms with Crippen LogP contribution in [0.5, 0.6) is 0 Å². The van der Waals surface area contributed by atoms with Gasteiger partial charge < -0.3 is 9.80 Å². The zero-order valence-electron chi connectivity index (χ0n) is 13.5. The van der Waals surface area contributed by atoms with Crippen LogP contribution in [-0.4, -0.2) is 32.1 Å². The van der Waals surface area contributed by atoms with Crippen molar-refractivity contribution in [1.29, 1.82) is 0 Å². The van der Waals surface area contributed by atoms with E-state index < -0.39 is 0 Å². The number of fused-ring (bicyclic) bond motifs is 5. The van der Waals surface area contributed by atoms with Gasteiger partial charge in [0.25, 0.3) is 0 Å². The number of anilines is 2. The van der Waals surface area contributed by atoms with Gasteiger partial charge in [0.05, 0.1) is 0 Å². The number of rotatable bonds is 4. The number of para-hydroxylation sites is 2. The fraction of sp³-hybridized carbons (Fsp3) is 0.400. The lowest BCUT2D eigenvalue weighted by molar-refractivity contribution is 0.402. The third-order valence-corrected chi connectivity index (χ3v) is 5.03. The van der Waals surface area contributed by atoms with E-state index in [1.165, 1.54) is 24.2 Å². The van der Waals surface area contributed by atoms with Gasteiger partial charge in [0.15, 0.2) is 0 Å². The second kappa shape index (κ2) is 5.44. The van der Waals surface area contributed by atoms with E-state index in [1.807, 2.05) is 0 Å². The summed E-state index contributed by atoms with van der Waals surface area (Å²) in [4.78, 5) is 4.83. The van der Waals surface area contributed by atoms with Gasteiger partial charge in [-0.15, -0.1) is 0 Å². The smallest absolute Gasteiger partial charge is 0.0446 e. The van der Waals surface area contributed by atoms with E-state index >= 15 is 0 Å². The van der Waals surface area contributed by atoms with Gasteiger partial charge in [-0.25, -0.2) is 0 Å². The standard InChI is InChI=1S/C20H24N2/c1-21(2)12-7-13-22-19-10-5-3-8-15(19)17-14-18(17)16-9-4-6-11-20(16)22/h3-6,8-11,17-18H,7,12-14H2,1-2H3/t17-,18-/m0/s1. The molecule has 0 bridgehead atoms. The fourth-order valence-corrected chi connectivity index (χ4v) is 3.89. The molecular weight excluding hydrogens is 268 g/mol. The van der Waals surface area contributed by atoms with Crippen LogP contribution in [0.4, 0.5) is 11.4 Å². The van der Waals surface area contributed by atoms with Crippen LogP contribution in [0, 0.1) is 0 Å². The van der Waals surface area contributed by atoms with Crippen molar-refractivity contribution in [1.82, 2.24) is 4.90 Å². The number of hydrogen-bond donors (Lipinski definition) is 0. The Hall–Kier alpha value is -1.80. The maximum Gasteiger partial charge on any atom is 0.0446 e. The van der Waals surface area contributed by atoms with Crippen molar-refractivity contribution in [2.75, 3.05) is 32.1 Å². The minimum atomic E-state index is 0.733. The Morgan fingerprint density at radius 2 is 1.45 bits per heavy atom. The molecule has 114 valence electrons. The summed E-state index contributed by atoms with van der Waals surface area (Å²) in [6.45, 7) is 2.22. The Labute approximate surface area is 133 Å². The SMILES string of the molecule is CN(C)CCCN1c2ccccc2[C@@H]2C[C@H]2c2ccccc21. The molecule has 0 unspecified atom stereocenters. The molecule has 0 aromatic heterocycles. The minimum absolute atomic E-state index is 0.733. The maximum absolute atomic E-state index is 2.56. The molecule has 0 N–H and O–H groups in total. The summed E-state index contributed by atoms with van der Waals surface area (Å²) in [6.07, 6.45) is 2.50. The molecule has 1 saturated carbocycles. The van der Waals surface area contributed by atoms with Crippen molar-refractivity contribution >= 4 is 11.4 Å². The molecule has 0 spiro atoms. The van der Waals surface area contributed by atoms with Crippen LogP contribution in [0.15, 0.2) is 48.5 Å². The maximum atomic E-state index is 2.56. The van der Waals surface area contributed by atoms with Gasteiger partial charge in [0, 0.05) is 17.9 Å². The topological polar surface area (TPSA) is 6.48 Å². The van der Waals surface area contributed by atoms with Crippen molar-refractivity contribution in [3.8, 4) is 0 Å². The highest BCUT2D eigenvalue weighted by Crippen LogP contribution is 2.61. The summed E-state index contributed by atoms with van der Waals surface area (Å²) in [5.74, 6) is 1.47. The number of nitrogens with zero attached hydrogens (tertiary/aromatic N) is 2. The van der Waals surface area contributed by atoms with Crippen LogP contribution in [0.2, 0.25) is 0 Å². The number of benzene rings is 2. The Morgan fingerprint density at radius 3 is 2.00 bits per heavy atom. The second-order valence-corrected chi connectivity index (χ2v) is 6.87. The van der Waals surface area contributed by atoms with E-state index in [9.17, 15) is 0 Å². The molecule has 2 atom stereocenters. The monoisotopic (exact) mass is 292 g/mol. The average Bonchev–Trinajstić information content (AvgIpc) is 3.32. The molecule has 4 rings (SSSR count). The molecule has 22 heavy (non-hydrogen) atoms. The highest BCUT2D eigenvalue weighted by molar-refractivity contribution is 5.74. The molecule has 2 nitrogen and oxygen atoms in total. The first-order chi connectivity index (χ1) is 10.8. The summed E-state index contributed by atoms with van der Waals surface area (Å²) in [5, 5.41) is 0. The molecular formula is C20H24N2. The predicted molar refractivity (Wildman–Crippen MR) is 93.2 cm³/mol. The summed E-state index contributed by atoms with van der Waals surface area (Å²) >= 11 is 0. The Morgan fingerprint density at radius 1 is 0.909 bits per heavy atom. The molecule has 1 fully saturated rings. The van der Waals surface area contributed by atoms with Crippen molar-refractivity contribution in [3.05, 3.63) is 59.7 Å². The van der Waals surface area contributed by atoms with Crippen LogP contribution >= 0.6 is 0 Å². The molecule has 1 aliphatic carbocycles. The first-order valence-corrected chi connectivity index (χ1v) is 8.36. The molecule has 2 aromatic rings. The number of hydrogen-bond acceptors (Lipinski definition) is 2.